The fourth-order valence-electron chi connectivity index (χ4n) is 6.11. The number of ether oxygens (including phenoxy) is 3. The normalized spacial score (nSPS) is 16.0. The summed E-state index contributed by atoms with van der Waals surface area (Å²) in [7, 11) is 1.24. The maximum Gasteiger partial charge on any atom is 0.407 e. The van der Waals surface area contributed by atoms with Gasteiger partial charge in [-0.05, 0) is 41.7 Å². The molecular weight excluding hydrogens is 671 g/mol. The van der Waals surface area contributed by atoms with E-state index in [-0.39, 0.29) is 31.9 Å². The molecule has 0 unspecified atom stereocenters. The molecular formula is C39H41FN4O8. The zero-order chi connectivity index (χ0) is 36.9. The van der Waals surface area contributed by atoms with Crippen molar-refractivity contribution in [3.05, 3.63) is 137 Å². The van der Waals surface area contributed by atoms with Crippen molar-refractivity contribution in [2.24, 2.45) is 0 Å². The molecule has 1 saturated heterocycles. The minimum absolute atomic E-state index is 0.00280. The number of hydrogen-bond donors (Lipinski definition) is 4. The third-order valence-electron chi connectivity index (χ3n) is 8.80. The summed E-state index contributed by atoms with van der Waals surface area (Å²) >= 11 is 0. The van der Waals surface area contributed by atoms with E-state index in [2.05, 4.69) is 16.0 Å². The summed E-state index contributed by atoms with van der Waals surface area (Å²) in [6.07, 6.45) is -2.36. The molecule has 1 heterocycles. The molecule has 0 radical (unpaired) electrons. The average Bonchev–Trinajstić information content (AvgIpc) is 3.17. The number of anilines is 1. The molecule has 13 heteroatoms. The van der Waals surface area contributed by atoms with Crippen molar-refractivity contribution in [2.45, 2.75) is 43.5 Å². The number of carbonyl (C=O) groups excluding carboxylic acids is 3. The first-order valence-corrected chi connectivity index (χ1v) is 16.8. The van der Waals surface area contributed by atoms with Crippen molar-refractivity contribution in [1.29, 1.82) is 0 Å². The van der Waals surface area contributed by atoms with Crippen LogP contribution in [0.2, 0.25) is 0 Å². The van der Waals surface area contributed by atoms with Crippen molar-refractivity contribution in [1.82, 2.24) is 15.5 Å². The molecule has 12 nitrogen and oxygen atoms in total. The van der Waals surface area contributed by atoms with Crippen molar-refractivity contribution >= 4 is 29.9 Å². The van der Waals surface area contributed by atoms with Gasteiger partial charge in [0.15, 0.2) is 0 Å². The lowest BCUT2D eigenvalue weighted by Gasteiger charge is -2.37. The molecule has 4 aromatic carbocycles. The fraction of sp³-hybridized carbons (Fsp3) is 0.282. The van der Waals surface area contributed by atoms with E-state index in [4.69, 9.17) is 14.2 Å². The standard InChI is InChI=1S/C39H41FN4O8/c1-50-38(47)43-35(34(27-13-4-2-5-14-27)28-15-6-3-7-16-28)36(45)42-33-19-11-9-12-26(33)20-21-31-23-44(39(48)49)30(24-51-31)25-52-37(46)41-22-29-17-8-10-18-32(29)40/h2-19,30-31,34-35H,20-25H2,1H3,(H,41,46)(H,42,45)(H,43,47)(H,48,49)/t30-,31+,35-/m0/s1. The highest BCUT2D eigenvalue weighted by Gasteiger charge is 2.35. The first-order valence-electron chi connectivity index (χ1n) is 16.8. The van der Waals surface area contributed by atoms with Crippen LogP contribution in [0.15, 0.2) is 109 Å². The Morgan fingerprint density at radius 1 is 0.865 bits per heavy atom. The van der Waals surface area contributed by atoms with Gasteiger partial charge >= 0.3 is 18.3 Å². The minimum atomic E-state index is -1.18. The predicted octanol–water partition coefficient (Wildman–Crippen LogP) is 5.93. The molecule has 0 bridgehead atoms. The van der Waals surface area contributed by atoms with Gasteiger partial charge in [-0.2, -0.15) is 0 Å². The van der Waals surface area contributed by atoms with Gasteiger partial charge in [0, 0.05) is 23.7 Å². The monoisotopic (exact) mass is 712 g/mol. The molecule has 4 aromatic rings. The van der Waals surface area contributed by atoms with Gasteiger partial charge in [-0.15, -0.1) is 0 Å². The highest BCUT2D eigenvalue weighted by molar-refractivity contribution is 5.98. The molecule has 3 atom stereocenters. The smallest absolute Gasteiger partial charge is 0.407 e. The molecule has 4 N–H and O–H groups in total. The van der Waals surface area contributed by atoms with E-state index >= 15 is 0 Å². The molecule has 272 valence electrons. The van der Waals surface area contributed by atoms with Crippen LogP contribution in [0.1, 0.15) is 34.6 Å². The molecule has 52 heavy (non-hydrogen) atoms. The Morgan fingerprint density at radius 3 is 2.12 bits per heavy atom. The van der Waals surface area contributed by atoms with E-state index in [1.807, 2.05) is 72.8 Å². The Balaban J connectivity index is 1.22. The Bertz CT molecular complexity index is 1770. The first-order chi connectivity index (χ1) is 25.2. The van der Waals surface area contributed by atoms with E-state index in [9.17, 15) is 28.7 Å². The van der Waals surface area contributed by atoms with Crippen LogP contribution in [-0.2, 0) is 32.0 Å². The number of methoxy groups -OCH3 is 1. The number of carbonyl (C=O) groups is 4. The van der Waals surface area contributed by atoms with Crippen LogP contribution in [-0.4, -0.2) is 79.2 Å². The number of halogens is 1. The summed E-state index contributed by atoms with van der Waals surface area (Å²) in [6, 6.07) is 30.3. The van der Waals surface area contributed by atoms with Gasteiger partial charge in [0.25, 0.3) is 0 Å². The number of carboxylic acid groups (broad SMARTS) is 1. The van der Waals surface area contributed by atoms with E-state index in [1.165, 1.54) is 24.1 Å². The van der Waals surface area contributed by atoms with Crippen LogP contribution in [0.5, 0.6) is 0 Å². The van der Waals surface area contributed by atoms with E-state index < -0.39 is 54.1 Å². The first kappa shape index (κ1) is 37.3. The zero-order valence-corrected chi connectivity index (χ0v) is 28.6. The Kier molecular flexibility index (Phi) is 13.2. The topological polar surface area (TPSA) is 156 Å². The molecule has 0 aliphatic carbocycles. The molecule has 0 saturated carbocycles. The summed E-state index contributed by atoms with van der Waals surface area (Å²) in [5.41, 5.74) is 3.25. The van der Waals surface area contributed by atoms with Crippen LogP contribution < -0.4 is 16.0 Å². The van der Waals surface area contributed by atoms with Crippen LogP contribution in [0, 0.1) is 5.82 Å². The summed E-state index contributed by atoms with van der Waals surface area (Å²) in [5, 5.41) is 18.1. The van der Waals surface area contributed by atoms with Gasteiger partial charge in [0.05, 0.1) is 32.4 Å². The van der Waals surface area contributed by atoms with Crippen LogP contribution >= 0.6 is 0 Å². The fourth-order valence-corrected chi connectivity index (χ4v) is 6.11. The number of nitrogens with one attached hydrogen (secondary N) is 3. The molecule has 0 aromatic heterocycles. The SMILES string of the molecule is COC(=O)N[C@H](C(=O)Nc1ccccc1CC[C@@H]1CN(C(=O)O)[C@H](COC(=O)NCc2ccccc2F)CO1)C(c1ccccc1)c1ccccc1. The van der Waals surface area contributed by atoms with E-state index in [1.54, 1.807) is 24.3 Å². The largest absolute Gasteiger partial charge is 0.465 e. The summed E-state index contributed by atoms with van der Waals surface area (Å²) in [6.45, 7) is -0.292. The van der Waals surface area contributed by atoms with E-state index in [0.717, 1.165) is 16.7 Å². The van der Waals surface area contributed by atoms with Gasteiger partial charge in [-0.3, -0.25) is 9.69 Å². The molecule has 1 fully saturated rings. The number of rotatable bonds is 13. The lowest BCUT2D eigenvalue weighted by Crippen LogP contribution is -2.54. The number of nitrogens with zero attached hydrogens (tertiary/aromatic N) is 1. The molecule has 4 amide bonds. The maximum absolute atomic E-state index is 14.1. The minimum Gasteiger partial charge on any atom is -0.465 e. The van der Waals surface area contributed by atoms with Crippen molar-refractivity contribution < 1.29 is 42.9 Å². The second-order valence-corrected chi connectivity index (χ2v) is 12.2. The average molecular weight is 713 g/mol. The Morgan fingerprint density at radius 2 is 1.48 bits per heavy atom. The van der Waals surface area contributed by atoms with Crippen molar-refractivity contribution in [3.63, 3.8) is 0 Å². The summed E-state index contributed by atoms with van der Waals surface area (Å²) < 4.78 is 30.0. The third kappa shape index (κ3) is 10.1. The number of para-hydroxylation sites is 1. The van der Waals surface area contributed by atoms with Gasteiger partial charge < -0.3 is 35.3 Å². The predicted molar refractivity (Wildman–Crippen MR) is 190 cm³/mol. The highest BCUT2D eigenvalue weighted by atomic mass is 19.1. The zero-order valence-electron chi connectivity index (χ0n) is 28.6. The Labute approximate surface area is 300 Å². The quantitative estimate of drug-likeness (QED) is 0.133. The molecule has 5 rings (SSSR count). The number of morpholine rings is 1. The van der Waals surface area contributed by atoms with Gasteiger partial charge in [0.2, 0.25) is 5.91 Å². The highest BCUT2D eigenvalue weighted by Crippen LogP contribution is 2.30. The number of hydrogen-bond acceptors (Lipinski definition) is 7. The lowest BCUT2D eigenvalue weighted by atomic mass is 9.84. The molecule has 1 aliphatic rings. The van der Waals surface area contributed by atoms with Gasteiger partial charge in [0.1, 0.15) is 18.5 Å². The number of alkyl carbamates (subject to hydrolysis) is 2. The molecule has 1 aliphatic heterocycles. The van der Waals surface area contributed by atoms with Crippen LogP contribution in [0.4, 0.5) is 24.5 Å². The van der Waals surface area contributed by atoms with Crippen LogP contribution in [0.3, 0.4) is 0 Å². The van der Waals surface area contributed by atoms with Crippen LogP contribution in [0.25, 0.3) is 0 Å². The van der Waals surface area contributed by atoms with Gasteiger partial charge in [-0.1, -0.05) is 97.1 Å². The number of benzene rings is 4. The number of amides is 4. The molecule has 0 spiro atoms. The van der Waals surface area contributed by atoms with E-state index in [0.29, 0.717) is 18.5 Å². The third-order valence-corrected chi connectivity index (χ3v) is 8.80. The van der Waals surface area contributed by atoms with Gasteiger partial charge in [-0.25, -0.2) is 18.8 Å². The summed E-state index contributed by atoms with van der Waals surface area (Å²) in [5.74, 6) is -1.46. The van der Waals surface area contributed by atoms with Crippen molar-refractivity contribution in [3.8, 4) is 0 Å². The van der Waals surface area contributed by atoms with Crippen molar-refractivity contribution in [2.75, 3.05) is 32.2 Å². The maximum atomic E-state index is 14.1. The Hall–Kier alpha value is -5.95. The second-order valence-electron chi connectivity index (χ2n) is 12.2. The summed E-state index contributed by atoms with van der Waals surface area (Å²) in [4.78, 5) is 52.2. The number of aryl methyl sites for hydroxylation is 1. The second kappa shape index (κ2) is 18.3. The lowest BCUT2D eigenvalue weighted by molar-refractivity contribution is -0.118.